The Bertz CT molecular complexity index is 1050. The molecule has 5 nitrogen and oxygen atoms in total. The monoisotopic (exact) mass is 363 g/mol. The highest BCUT2D eigenvalue weighted by Gasteiger charge is 2.23. The summed E-state index contributed by atoms with van der Waals surface area (Å²) >= 11 is 1.55. The third-order valence-corrected chi connectivity index (χ3v) is 5.17. The first-order valence-electron chi connectivity index (χ1n) is 8.10. The van der Waals surface area contributed by atoms with Crippen LogP contribution in [-0.2, 0) is 0 Å². The predicted octanol–water partition coefficient (Wildman–Crippen LogP) is 4.89. The number of aryl methyl sites for hydroxylation is 1. The summed E-state index contributed by atoms with van der Waals surface area (Å²) in [5.74, 6) is 1.21. The van der Waals surface area contributed by atoms with Crippen LogP contribution in [0.15, 0.2) is 60.2 Å². The zero-order valence-corrected chi connectivity index (χ0v) is 15.2. The van der Waals surface area contributed by atoms with Gasteiger partial charge in [-0.05, 0) is 48.2 Å². The molecule has 0 saturated carbocycles. The van der Waals surface area contributed by atoms with Crippen LogP contribution in [0.25, 0.3) is 33.2 Å². The number of para-hydroxylation sites is 1. The van der Waals surface area contributed by atoms with Gasteiger partial charge in [0.05, 0.1) is 12.0 Å². The number of imidazole rings is 1. The van der Waals surface area contributed by atoms with Crippen LogP contribution in [0.4, 0.5) is 0 Å². The number of rotatable bonds is 4. The second-order valence-electron chi connectivity index (χ2n) is 5.87. The first-order valence-corrected chi connectivity index (χ1v) is 8.98. The third kappa shape index (κ3) is 2.74. The minimum absolute atomic E-state index is 0.510. The third-order valence-electron chi connectivity index (χ3n) is 4.12. The fourth-order valence-corrected chi connectivity index (χ4v) is 3.79. The van der Waals surface area contributed by atoms with Crippen LogP contribution in [-0.4, -0.2) is 27.0 Å². The Labute approximate surface area is 155 Å². The summed E-state index contributed by atoms with van der Waals surface area (Å²) in [7, 11) is 1.63. The van der Waals surface area contributed by atoms with Gasteiger partial charge in [-0.1, -0.05) is 12.1 Å². The Balaban J connectivity index is 2.01. The maximum absolute atomic E-state index is 11.0. The SMILES string of the molecule is COc1ccccc1-c1nc(-c2cc(C)cs2)n(O)c1-c1ccncc1. The second kappa shape index (κ2) is 6.65. The Morgan fingerprint density at radius 3 is 2.58 bits per heavy atom. The first kappa shape index (κ1) is 16.4. The van der Waals surface area contributed by atoms with Gasteiger partial charge < -0.3 is 9.94 Å². The van der Waals surface area contributed by atoms with E-state index in [0.29, 0.717) is 23.0 Å². The molecule has 0 bridgehead atoms. The normalized spacial score (nSPS) is 10.8. The van der Waals surface area contributed by atoms with Crippen molar-refractivity contribution in [2.24, 2.45) is 0 Å². The highest BCUT2D eigenvalue weighted by molar-refractivity contribution is 7.13. The van der Waals surface area contributed by atoms with E-state index in [1.165, 1.54) is 0 Å². The molecule has 0 aliphatic heterocycles. The van der Waals surface area contributed by atoms with Gasteiger partial charge in [0.25, 0.3) is 0 Å². The van der Waals surface area contributed by atoms with E-state index in [0.717, 1.165) is 26.3 Å². The van der Waals surface area contributed by atoms with Crippen molar-refractivity contribution < 1.29 is 9.94 Å². The Morgan fingerprint density at radius 1 is 1.12 bits per heavy atom. The van der Waals surface area contributed by atoms with Gasteiger partial charge in [-0.25, -0.2) is 4.98 Å². The van der Waals surface area contributed by atoms with Crippen LogP contribution in [0, 0.1) is 6.92 Å². The van der Waals surface area contributed by atoms with Gasteiger partial charge in [-0.3, -0.25) is 4.98 Å². The summed E-state index contributed by atoms with van der Waals surface area (Å²) in [6.07, 6.45) is 3.40. The van der Waals surface area contributed by atoms with Crippen LogP contribution < -0.4 is 4.74 Å². The average molecular weight is 363 g/mol. The fraction of sp³-hybridized carbons (Fsp3) is 0.100. The minimum atomic E-state index is 0.510. The lowest BCUT2D eigenvalue weighted by molar-refractivity contribution is 0.195. The van der Waals surface area contributed by atoms with Gasteiger partial charge in [0.15, 0.2) is 5.82 Å². The van der Waals surface area contributed by atoms with E-state index in [-0.39, 0.29) is 0 Å². The van der Waals surface area contributed by atoms with Crippen LogP contribution in [0.3, 0.4) is 0 Å². The van der Waals surface area contributed by atoms with Gasteiger partial charge in [0.2, 0.25) is 0 Å². The topological polar surface area (TPSA) is 60.2 Å². The molecule has 1 aromatic carbocycles. The van der Waals surface area contributed by atoms with Crippen molar-refractivity contribution in [2.75, 3.05) is 7.11 Å². The van der Waals surface area contributed by atoms with E-state index in [2.05, 4.69) is 4.98 Å². The summed E-state index contributed by atoms with van der Waals surface area (Å²) in [5, 5.41) is 13.0. The Morgan fingerprint density at radius 2 is 1.88 bits per heavy atom. The van der Waals surface area contributed by atoms with Gasteiger partial charge in [-0.2, -0.15) is 4.73 Å². The molecular formula is C20H17N3O2S. The van der Waals surface area contributed by atoms with Crippen molar-refractivity contribution in [1.82, 2.24) is 14.7 Å². The zero-order valence-electron chi connectivity index (χ0n) is 14.4. The number of aromatic nitrogens is 3. The molecule has 0 amide bonds. The maximum atomic E-state index is 11.0. The van der Waals surface area contributed by atoms with Crippen LogP contribution in [0.2, 0.25) is 0 Å². The second-order valence-corrected chi connectivity index (χ2v) is 6.78. The Kier molecular flexibility index (Phi) is 4.18. The summed E-state index contributed by atoms with van der Waals surface area (Å²) in [6, 6.07) is 13.4. The molecule has 0 radical (unpaired) electrons. The lowest BCUT2D eigenvalue weighted by atomic mass is 10.1. The van der Waals surface area contributed by atoms with Crippen LogP contribution >= 0.6 is 11.3 Å². The minimum Gasteiger partial charge on any atom is -0.496 e. The van der Waals surface area contributed by atoms with Crippen molar-refractivity contribution in [3.05, 3.63) is 65.8 Å². The molecule has 6 heteroatoms. The van der Waals surface area contributed by atoms with E-state index < -0.39 is 0 Å². The van der Waals surface area contributed by atoms with Gasteiger partial charge in [0, 0.05) is 23.5 Å². The number of thiophene rings is 1. The van der Waals surface area contributed by atoms with Crippen molar-refractivity contribution >= 4 is 11.3 Å². The molecule has 4 aromatic rings. The van der Waals surface area contributed by atoms with Crippen molar-refractivity contribution in [3.8, 4) is 39.0 Å². The van der Waals surface area contributed by atoms with Crippen LogP contribution in [0.1, 0.15) is 5.56 Å². The van der Waals surface area contributed by atoms with E-state index in [9.17, 15) is 5.21 Å². The summed E-state index contributed by atoms with van der Waals surface area (Å²) in [6.45, 7) is 2.02. The zero-order chi connectivity index (χ0) is 18.1. The quantitative estimate of drug-likeness (QED) is 0.524. The van der Waals surface area contributed by atoms with Gasteiger partial charge >= 0.3 is 0 Å². The molecule has 0 fully saturated rings. The molecule has 26 heavy (non-hydrogen) atoms. The predicted molar refractivity (Wildman–Crippen MR) is 103 cm³/mol. The molecule has 3 heterocycles. The average Bonchev–Trinajstić information content (AvgIpc) is 3.25. The molecule has 0 saturated heterocycles. The number of nitrogens with zero attached hydrogens (tertiary/aromatic N) is 3. The lowest BCUT2D eigenvalue weighted by Crippen LogP contribution is -1.97. The number of hydrogen-bond acceptors (Lipinski definition) is 5. The number of methoxy groups -OCH3 is 1. The lowest BCUT2D eigenvalue weighted by Gasteiger charge is -2.09. The molecule has 4 rings (SSSR count). The Hall–Kier alpha value is -3.12. The van der Waals surface area contributed by atoms with E-state index >= 15 is 0 Å². The highest BCUT2D eigenvalue weighted by atomic mass is 32.1. The standard InChI is InChI=1S/C20H17N3O2S/c1-13-11-17(26-12-13)20-22-18(15-5-3-4-6-16(15)25-2)19(23(20)24)14-7-9-21-10-8-14/h3-12,24H,1-2H3. The summed E-state index contributed by atoms with van der Waals surface area (Å²) in [4.78, 5) is 9.75. The van der Waals surface area contributed by atoms with E-state index in [4.69, 9.17) is 9.72 Å². The number of hydrogen-bond donors (Lipinski definition) is 1. The molecule has 0 aliphatic carbocycles. The number of benzene rings is 1. The molecule has 0 aliphatic rings. The van der Waals surface area contributed by atoms with E-state index in [1.807, 2.05) is 54.8 Å². The van der Waals surface area contributed by atoms with Crippen LogP contribution in [0.5, 0.6) is 5.75 Å². The fourth-order valence-electron chi connectivity index (χ4n) is 2.92. The molecule has 130 valence electrons. The maximum Gasteiger partial charge on any atom is 0.186 e. The van der Waals surface area contributed by atoms with Gasteiger partial charge in [0.1, 0.15) is 17.1 Å². The molecular weight excluding hydrogens is 346 g/mol. The smallest absolute Gasteiger partial charge is 0.186 e. The molecule has 0 unspecified atom stereocenters. The molecule has 1 N–H and O–H groups in total. The summed E-state index contributed by atoms with van der Waals surface area (Å²) in [5.41, 5.74) is 4.06. The first-order chi connectivity index (χ1) is 12.7. The van der Waals surface area contributed by atoms with Crippen molar-refractivity contribution in [3.63, 3.8) is 0 Å². The highest BCUT2D eigenvalue weighted by Crippen LogP contribution is 2.39. The molecule has 3 aromatic heterocycles. The largest absolute Gasteiger partial charge is 0.496 e. The number of pyridine rings is 1. The summed E-state index contributed by atoms with van der Waals surface area (Å²) < 4.78 is 6.66. The van der Waals surface area contributed by atoms with E-state index in [1.54, 1.807) is 30.8 Å². The van der Waals surface area contributed by atoms with Crippen molar-refractivity contribution in [1.29, 1.82) is 0 Å². The molecule has 0 atom stereocenters. The van der Waals surface area contributed by atoms with Crippen molar-refractivity contribution in [2.45, 2.75) is 6.92 Å². The number of ether oxygens (including phenoxy) is 1. The molecule has 0 spiro atoms. The van der Waals surface area contributed by atoms with Gasteiger partial charge in [-0.15, -0.1) is 11.3 Å².